The molecule has 2 heterocycles. The lowest BCUT2D eigenvalue weighted by molar-refractivity contribution is -0.123. The Morgan fingerprint density at radius 3 is 2.59 bits per heavy atom. The first kappa shape index (κ1) is 17.2. The molecule has 6 heteroatoms. The highest BCUT2D eigenvalue weighted by molar-refractivity contribution is 9.10. The summed E-state index contributed by atoms with van der Waals surface area (Å²) in [6.07, 6.45) is 3.97. The average molecular weight is 369 g/mol. The van der Waals surface area contributed by atoms with Gasteiger partial charge in [0, 0.05) is 23.7 Å². The van der Waals surface area contributed by atoms with E-state index >= 15 is 0 Å². The minimum atomic E-state index is -0.434. The molecule has 0 saturated carbocycles. The van der Waals surface area contributed by atoms with Crippen LogP contribution in [0.3, 0.4) is 0 Å². The number of pyridine rings is 1. The number of nitrogens with one attached hydrogen (secondary N) is 2. The van der Waals surface area contributed by atoms with Crippen LogP contribution in [0.2, 0.25) is 0 Å². The van der Waals surface area contributed by atoms with Gasteiger partial charge in [-0.25, -0.2) is 4.98 Å². The average Bonchev–Trinajstić information content (AvgIpc) is 2.44. The van der Waals surface area contributed by atoms with E-state index in [1.807, 2.05) is 26.8 Å². The number of carbonyl (C=O) groups excluding carboxylic acids is 1. The van der Waals surface area contributed by atoms with E-state index in [2.05, 4.69) is 43.5 Å². The Morgan fingerprint density at radius 1 is 1.36 bits per heavy atom. The number of piperidine rings is 1. The molecule has 122 valence electrons. The standard InChI is InChI=1S/C16H25BrN4O/c1-16(2,3)15(22)20-14-9-13(12(17)10-18-14)19-11-5-7-21(4)8-6-11/h9-11H,5-8H2,1-4H3,(H2,18,19,20,22). The molecule has 0 bridgehead atoms. The molecule has 1 aliphatic heterocycles. The third-order valence-corrected chi connectivity index (χ3v) is 4.49. The van der Waals surface area contributed by atoms with Crippen LogP contribution in [0, 0.1) is 5.41 Å². The quantitative estimate of drug-likeness (QED) is 0.858. The number of halogens is 1. The fourth-order valence-electron chi connectivity index (χ4n) is 2.29. The van der Waals surface area contributed by atoms with Gasteiger partial charge in [-0.3, -0.25) is 4.79 Å². The van der Waals surface area contributed by atoms with Gasteiger partial charge >= 0.3 is 0 Å². The van der Waals surface area contributed by atoms with Crippen LogP contribution in [-0.4, -0.2) is 42.0 Å². The van der Waals surface area contributed by atoms with Gasteiger partial charge < -0.3 is 15.5 Å². The third-order valence-electron chi connectivity index (χ3n) is 3.86. The first-order chi connectivity index (χ1) is 10.3. The highest BCUT2D eigenvalue weighted by atomic mass is 79.9. The minimum absolute atomic E-state index is 0.0347. The monoisotopic (exact) mass is 368 g/mol. The molecule has 0 aromatic carbocycles. The van der Waals surface area contributed by atoms with Crippen LogP contribution < -0.4 is 10.6 Å². The highest BCUT2D eigenvalue weighted by Gasteiger charge is 2.22. The summed E-state index contributed by atoms with van der Waals surface area (Å²) in [5.74, 6) is 0.547. The first-order valence-electron chi connectivity index (χ1n) is 7.68. The fourth-order valence-corrected chi connectivity index (χ4v) is 2.63. The first-order valence-corrected chi connectivity index (χ1v) is 8.47. The molecule has 1 saturated heterocycles. The van der Waals surface area contributed by atoms with Crippen molar-refractivity contribution in [3.8, 4) is 0 Å². The molecule has 1 fully saturated rings. The van der Waals surface area contributed by atoms with Crippen molar-refractivity contribution < 1.29 is 4.79 Å². The summed E-state index contributed by atoms with van der Waals surface area (Å²) >= 11 is 3.53. The van der Waals surface area contributed by atoms with Crippen molar-refractivity contribution in [2.45, 2.75) is 39.7 Å². The summed E-state index contributed by atoms with van der Waals surface area (Å²) < 4.78 is 0.917. The summed E-state index contributed by atoms with van der Waals surface area (Å²) in [6, 6.07) is 2.35. The molecular weight excluding hydrogens is 344 g/mol. The van der Waals surface area contributed by atoms with Gasteiger partial charge in [0.15, 0.2) is 0 Å². The van der Waals surface area contributed by atoms with Gasteiger partial charge in [0.2, 0.25) is 5.91 Å². The Bertz CT molecular complexity index is 533. The Labute approximate surface area is 141 Å². The minimum Gasteiger partial charge on any atom is -0.381 e. The maximum Gasteiger partial charge on any atom is 0.230 e. The lowest BCUT2D eigenvalue weighted by atomic mass is 9.96. The largest absolute Gasteiger partial charge is 0.381 e. The van der Waals surface area contributed by atoms with Gasteiger partial charge in [-0.15, -0.1) is 0 Å². The van der Waals surface area contributed by atoms with Gasteiger partial charge in [-0.2, -0.15) is 0 Å². The lowest BCUT2D eigenvalue weighted by Gasteiger charge is -2.30. The zero-order valence-corrected chi connectivity index (χ0v) is 15.3. The number of hydrogen-bond donors (Lipinski definition) is 2. The molecule has 22 heavy (non-hydrogen) atoms. The number of amides is 1. The lowest BCUT2D eigenvalue weighted by Crippen LogP contribution is -2.36. The highest BCUT2D eigenvalue weighted by Crippen LogP contribution is 2.27. The number of carbonyl (C=O) groups is 1. The predicted octanol–water partition coefficient (Wildman–Crippen LogP) is 3.33. The molecule has 1 aromatic heterocycles. The molecular formula is C16H25BrN4O. The van der Waals surface area contributed by atoms with Crippen LogP contribution in [0.4, 0.5) is 11.5 Å². The molecule has 0 atom stereocenters. The number of nitrogens with zero attached hydrogens (tertiary/aromatic N) is 2. The maximum atomic E-state index is 12.1. The van der Waals surface area contributed by atoms with Crippen molar-refractivity contribution in [1.82, 2.24) is 9.88 Å². The summed E-state index contributed by atoms with van der Waals surface area (Å²) in [4.78, 5) is 18.7. The SMILES string of the molecule is CN1CCC(Nc2cc(NC(=O)C(C)(C)C)ncc2Br)CC1. The van der Waals surface area contributed by atoms with Crippen molar-refractivity contribution in [3.63, 3.8) is 0 Å². The maximum absolute atomic E-state index is 12.1. The van der Waals surface area contributed by atoms with Gasteiger partial charge in [-0.1, -0.05) is 20.8 Å². The van der Waals surface area contributed by atoms with Crippen LogP contribution in [0.25, 0.3) is 0 Å². The van der Waals surface area contributed by atoms with Crippen LogP contribution >= 0.6 is 15.9 Å². The summed E-state index contributed by atoms with van der Waals surface area (Å²) in [6.45, 7) is 7.87. The van der Waals surface area contributed by atoms with Crippen molar-refractivity contribution in [3.05, 3.63) is 16.7 Å². The smallest absolute Gasteiger partial charge is 0.230 e. The fraction of sp³-hybridized carbons (Fsp3) is 0.625. The topological polar surface area (TPSA) is 57.3 Å². The van der Waals surface area contributed by atoms with E-state index in [1.54, 1.807) is 6.20 Å². The normalized spacial score (nSPS) is 17.3. The Kier molecular flexibility index (Phi) is 5.45. The second kappa shape index (κ2) is 6.96. The number of likely N-dealkylation sites (tertiary alicyclic amines) is 1. The third kappa shape index (κ3) is 4.68. The molecule has 1 amide bonds. The van der Waals surface area contributed by atoms with E-state index in [1.165, 1.54) is 0 Å². The van der Waals surface area contributed by atoms with Crippen LogP contribution in [0.1, 0.15) is 33.6 Å². The molecule has 2 N–H and O–H groups in total. The molecule has 0 unspecified atom stereocenters. The summed E-state index contributed by atoms with van der Waals surface area (Å²) in [5, 5.41) is 6.43. The Morgan fingerprint density at radius 2 is 2.00 bits per heavy atom. The van der Waals surface area contributed by atoms with E-state index in [0.717, 1.165) is 36.1 Å². The molecule has 0 radical (unpaired) electrons. The number of aromatic nitrogens is 1. The van der Waals surface area contributed by atoms with E-state index in [9.17, 15) is 4.79 Å². The number of anilines is 2. The van der Waals surface area contributed by atoms with Crippen molar-refractivity contribution in [2.75, 3.05) is 30.8 Å². The molecule has 1 aromatic rings. The Hall–Kier alpha value is -1.14. The summed E-state index contributed by atoms with van der Waals surface area (Å²) in [7, 11) is 2.15. The Balaban J connectivity index is 2.05. The van der Waals surface area contributed by atoms with E-state index < -0.39 is 5.41 Å². The van der Waals surface area contributed by atoms with Crippen molar-refractivity contribution in [2.24, 2.45) is 5.41 Å². The van der Waals surface area contributed by atoms with E-state index in [4.69, 9.17) is 0 Å². The molecule has 0 spiro atoms. The molecule has 1 aliphatic rings. The molecule has 2 rings (SSSR count). The predicted molar refractivity (Wildman–Crippen MR) is 94.2 cm³/mol. The number of rotatable bonds is 3. The van der Waals surface area contributed by atoms with E-state index in [0.29, 0.717) is 11.9 Å². The zero-order valence-electron chi connectivity index (χ0n) is 13.7. The van der Waals surface area contributed by atoms with Gasteiger partial charge in [0.1, 0.15) is 5.82 Å². The van der Waals surface area contributed by atoms with Crippen LogP contribution in [0.15, 0.2) is 16.7 Å². The van der Waals surface area contributed by atoms with Crippen molar-refractivity contribution >= 4 is 33.3 Å². The summed E-state index contributed by atoms with van der Waals surface area (Å²) in [5.41, 5.74) is 0.546. The number of hydrogen-bond acceptors (Lipinski definition) is 4. The van der Waals surface area contributed by atoms with Gasteiger partial charge in [0.25, 0.3) is 0 Å². The van der Waals surface area contributed by atoms with Crippen LogP contribution in [-0.2, 0) is 4.79 Å². The van der Waals surface area contributed by atoms with Gasteiger partial charge in [-0.05, 0) is 48.9 Å². The van der Waals surface area contributed by atoms with Crippen LogP contribution in [0.5, 0.6) is 0 Å². The second-order valence-corrected chi connectivity index (χ2v) is 7.83. The zero-order chi connectivity index (χ0) is 16.3. The molecule has 0 aliphatic carbocycles. The molecule has 5 nitrogen and oxygen atoms in total. The van der Waals surface area contributed by atoms with Gasteiger partial charge in [0.05, 0.1) is 10.2 Å². The van der Waals surface area contributed by atoms with Crippen molar-refractivity contribution in [1.29, 1.82) is 0 Å². The van der Waals surface area contributed by atoms with E-state index in [-0.39, 0.29) is 5.91 Å². The second-order valence-electron chi connectivity index (χ2n) is 6.98.